The molecule has 252 valence electrons. The number of urea groups is 1. The monoisotopic (exact) mass is 775 g/mol. The molecule has 11 nitrogen and oxygen atoms in total. The molecule has 1 aliphatic heterocycles. The molecule has 6 N–H and O–H groups in total. The molecule has 0 spiro atoms. The van der Waals surface area contributed by atoms with Gasteiger partial charge in [-0.2, -0.15) is 0 Å². The van der Waals surface area contributed by atoms with Crippen LogP contribution >= 0.6 is 31.9 Å². The van der Waals surface area contributed by atoms with Crippen LogP contribution in [0.15, 0.2) is 69.9 Å². The van der Waals surface area contributed by atoms with Crippen molar-refractivity contribution in [3.8, 4) is 5.75 Å². The van der Waals surface area contributed by atoms with Gasteiger partial charge in [0.15, 0.2) is 0 Å². The Balaban J connectivity index is 1.45. The predicted molar refractivity (Wildman–Crippen MR) is 186 cm³/mol. The first-order chi connectivity index (χ1) is 22.6. The summed E-state index contributed by atoms with van der Waals surface area (Å²) in [5.41, 5.74) is 8.13. The van der Waals surface area contributed by atoms with E-state index in [1.807, 2.05) is 12.1 Å². The first-order valence-corrected chi connectivity index (χ1v) is 17.1. The van der Waals surface area contributed by atoms with Crippen LogP contribution in [0.3, 0.4) is 0 Å². The number of hydrogen-bond acceptors (Lipinski definition) is 7. The van der Waals surface area contributed by atoms with Crippen molar-refractivity contribution in [2.75, 3.05) is 44.2 Å². The highest BCUT2D eigenvalue weighted by molar-refractivity contribution is 9.11. The van der Waals surface area contributed by atoms with Gasteiger partial charge >= 0.3 is 6.03 Å². The largest absolute Gasteiger partial charge is 0.506 e. The molecule has 1 aromatic heterocycles. The summed E-state index contributed by atoms with van der Waals surface area (Å²) < 4.78 is 14.4. The van der Waals surface area contributed by atoms with Gasteiger partial charge < -0.3 is 36.6 Å². The lowest BCUT2D eigenvalue weighted by Gasteiger charge is -2.37. The Morgan fingerprint density at radius 1 is 0.936 bits per heavy atom. The number of carbonyl (C=O) groups excluding carboxylic acids is 3. The smallest absolute Gasteiger partial charge is 0.315 e. The van der Waals surface area contributed by atoms with E-state index in [1.165, 1.54) is 12.1 Å². The number of amides is 4. The molecule has 0 bridgehead atoms. The summed E-state index contributed by atoms with van der Waals surface area (Å²) in [7, 11) is 0. The second-order valence-electron chi connectivity index (χ2n) is 11.3. The first kappa shape index (κ1) is 36.1. The Labute approximate surface area is 290 Å². The van der Waals surface area contributed by atoms with Gasteiger partial charge in [0, 0.05) is 57.2 Å². The molecule has 1 saturated heterocycles. The lowest BCUT2D eigenvalue weighted by atomic mass is 10.0. The number of nitrogens with zero attached hydrogens (tertiary/aromatic N) is 3. The zero-order valence-electron chi connectivity index (χ0n) is 25.9. The normalized spacial score (nSPS) is 14.3. The van der Waals surface area contributed by atoms with Crippen LogP contribution in [0.1, 0.15) is 30.4 Å². The third-order valence-electron chi connectivity index (χ3n) is 7.91. The summed E-state index contributed by atoms with van der Waals surface area (Å²) in [6.07, 6.45) is 5.68. The van der Waals surface area contributed by atoms with Gasteiger partial charge in [-0.1, -0.05) is 12.1 Å². The number of rotatable bonds is 14. The van der Waals surface area contributed by atoms with Gasteiger partial charge in [0.1, 0.15) is 23.7 Å². The van der Waals surface area contributed by atoms with E-state index in [0.29, 0.717) is 72.9 Å². The van der Waals surface area contributed by atoms with Gasteiger partial charge in [-0.05, 0) is 112 Å². The van der Waals surface area contributed by atoms with Gasteiger partial charge in [0.05, 0.1) is 8.95 Å². The third kappa shape index (κ3) is 10.9. The molecule has 0 aliphatic carbocycles. The van der Waals surface area contributed by atoms with Crippen molar-refractivity contribution in [3.05, 3.63) is 86.8 Å². The predicted octanol–water partition coefficient (Wildman–Crippen LogP) is 3.87. The molecular formula is C33H40Br2FN7O4. The fraction of sp³-hybridized carbons (Fsp3) is 0.394. The van der Waals surface area contributed by atoms with Crippen molar-refractivity contribution in [1.29, 1.82) is 0 Å². The summed E-state index contributed by atoms with van der Waals surface area (Å²) >= 11 is 6.64. The number of hydrogen-bond donors (Lipinski definition) is 5. The zero-order chi connectivity index (χ0) is 33.8. The van der Waals surface area contributed by atoms with Crippen molar-refractivity contribution in [2.24, 2.45) is 5.73 Å². The van der Waals surface area contributed by atoms with Gasteiger partial charge in [-0.25, -0.2) is 9.18 Å². The molecule has 2 aromatic carbocycles. The molecule has 0 saturated carbocycles. The number of pyridine rings is 1. The van der Waals surface area contributed by atoms with E-state index in [0.717, 1.165) is 11.3 Å². The average molecular weight is 778 g/mol. The summed E-state index contributed by atoms with van der Waals surface area (Å²) in [6, 6.07) is 10.9. The number of aromatic nitrogens is 1. The minimum Gasteiger partial charge on any atom is -0.506 e. The van der Waals surface area contributed by atoms with Crippen molar-refractivity contribution in [2.45, 2.75) is 44.2 Å². The van der Waals surface area contributed by atoms with Crippen molar-refractivity contribution in [3.63, 3.8) is 0 Å². The van der Waals surface area contributed by atoms with E-state index in [2.05, 4.69) is 57.7 Å². The van der Waals surface area contributed by atoms with Crippen molar-refractivity contribution in [1.82, 2.24) is 25.8 Å². The number of benzene rings is 2. The maximum atomic E-state index is 13.8. The van der Waals surface area contributed by atoms with Gasteiger partial charge in [-0.15, -0.1) is 0 Å². The standard InChI is InChI=1S/C33H40Br2FN7O4/c34-26-19-23(20-27(35)30(26)44)21-29(41-33(47)39-13-7-22-4-3-5-24(36)18-22)31(45)40-28(6-1-2-10-37)32(46)43-16-14-42(15-17-43)25-8-11-38-12-9-25/h3-5,8-9,11-12,18-20,28-29,44H,1-2,6-7,10,13-17,21,37H2,(H,40,45)(H2,39,41,47)/t28-,29-/m0/s1. The maximum absolute atomic E-state index is 13.8. The number of nitrogens with one attached hydrogen (secondary N) is 3. The number of anilines is 1. The number of nitrogens with two attached hydrogens (primary N) is 1. The number of piperazine rings is 1. The fourth-order valence-corrected chi connectivity index (χ4v) is 6.67. The van der Waals surface area contributed by atoms with Crippen LogP contribution in [-0.4, -0.2) is 84.2 Å². The van der Waals surface area contributed by atoms with Crippen LogP contribution in [0.2, 0.25) is 0 Å². The molecule has 1 aliphatic rings. The average Bonchev–Trinajstić information content (AvgIpc) is 3.06. The number of halogens is 3. The fourth-order valence-electron chi connectivity index (χ4n) is 5.39. The molecule has 4 rings (SSSR count). The van der Waals surface area contributed by atoms with Crippen LogP contribution in [0.5, 0.6) is 5.75 Å². The van der Waals surface area contributed by atoms with E-state index in [9.17, 15) is 23.9 Å². The highest BCUT2D eigenvalue weighted by Crippen LogP contribution is 2.33. The van der Waals surface area contributed by atoms with E-state index < -0.39 is 24.0 Å². The third-order valence-corrected chi connectivity index (χ3v) is 9.12. The van der Waals surface area contributed by atoms with Gasteiger partial charge in [-0.3, -0.25) is 14.6 Å². The van der Waals surface area contributed by atoms with Crippen LogP contribution < -0.4 is 26.6 Å². The van der Waals surface area contributed by atoms with Crippen LogP contribution in [-0.2, 0) is 22.4 Å². The second kappa shape index (κ2) is 18.0. The number of carbonyl (C=O) groups is 3. The topological polar surface area (TPSA) is 153 Å². The summed E-state index contributed by atoms with van der Waals surface area (Å²) in [5, 5.41) is 18.6. The van der Waals surface area contributed by atoms with E-state index in [1.54, 1.807) is 41.6 Å². The molecule has 47 heavy (non-hydrogen) atoms. The molecule has 0 radical (unpaired) electrons. The molecule has 4 amide bonds. The Kier molecular flexibility index (Phi) is 13.8. The van der Waals surface area contributed by atoms with E-state index in [4.69, 9.17) is 5.73 Å². The Hall–Kier alpha value is -3.75. The second-order valence-corrected chi connectivity index (χ2v) is 13.0. The minimum atomic E-state index is -1.05. The SMILES string of the molecule is NCCCC[C@H](NC(=O)[C@H](Cc1cc(Br)c(O)c(Br)c1)NC(=O)NCCc1cccc(F)c1)C(=O)N1CCN(c2ccncc2)CC1. The Morgan fingerprint density at radius 3 is 2.30 bits per heavy atom. The molecule has 14 heteroatoms. The summed E-state index contributed by atoms with van der Waals surface area (Å²) in [4.78, 5) is 48.6. The van der Waals surface area contributed by atoms with Crippen molar-refractivity contribution >= 4 is 55.4 Å². The molecular weight excluding hydrogens is 737 g/mol. The molecule has 2 atom stereocenters. The number of unbranched alkanes of at least 4 members (excludes halogenated alkanes) is 1. The molecule has 1 fully saturated rings. The molecule has 2 heterocycles. The number of phenols is 1. The van der Waals surface area contributed by atoms with Gasteiger partial charge in [0.25, 0.3) is 0 Å². The van der Waals surface area contributed by atoms with E-state index in [-0.39, 0.29) is 30.4 Å². The quantitative estimate of drug-likeness (QED) is 0.156. The molecule has 0 unspecified atom stereocenters. The lowest BCUT2D eigenvalue weighted by Crippen LogP contribution is -2.58. The highest BCUT2D eigenvalue weighted by Gasteiger charge is 2.31. The number of phenolic OH excluding ortho intramolecular Hbond substituents is 1. The van der Waals surface area contributed by atoms with Gasteiger partial charge in [0.2, 0.25) is 11.8 Å². The van der Waals surface area contributed by atoms with E-state index >= 15 is 0 Å². The maximum Gasteiger partial charge on any atom is 0.315 e. The lowest BCUT2D eigenvalue weighted by molar-refractivity contribution is -0.137. The Bertz CT molecular complexity index is 1490. The highest BCUT2D eigenvalue weighted by atomic mass is 79.9. The number of aromatic hydroxyl groups is 1. The van der Waals surface area contributed by atoms with Crippen LogP contribution in [0.25, 0.3) is 0 Å². The molecule has 3 aromatic rings. The first-order valence-electron chi connectivity index (χ1n) is 15.5. The Morgan fingerprint density at radius 2 is 1.64 bits per heavy atom. The van der Waals surface area contributed by atoms with Crippen LogP contribution in [0, 0.1) is 5.82 Å². The zero-order valence-corrected chi connectivity index (χ0v) is 29.1. The van der Waals surface area contributed by atoms with Crippen LogP contribution in [0.4, 0.5) is 14.9 Å². The summed E-state index contributed by atoms with van der Waals surface area (Å²) in [5.74, 6) is -1.06. The summed E-state index contributed by atoms with van der Waals surface area (Å²) in [6.45, 7) is 2.95. The van der Waals surface area contributed by atoms with Crippen molar-refractivity contribution < 1.29 is 23.9 Å². The minimum absolute atomic E-state index is 0.00685.